The van der Waals surface area contributed by atoms with Gasteiger partial charge in [0.25, 0.3) is 0 Å². The number of nitrogens with zero attached hydrogens (tertiary/aromatic N) is 4. The normalized spacial score (nSPS) is 12.6. The van der Waals surface area contributed by atoms with E-state index in [1.165, 1.54) is 0 Å². The molecule has 302 valence electrons. The van der Waals surface area contributed by atoms with Crippen molar-refractivity contribution in [2.24, 2.45) is 0 Å². The summed E-state index contributed by atoms with van der Waals surface area (Å²) in [4.78, 5) is 19.9. The van der Waals surface area contributed by atoms with Gasteiger partial charge in [-0.1, -0.05) is 158 Å². The molecule has 1 aliphatic heterocycles. The Morgan fingerprint density at radius 1 is 0.344 bits per heavy atom. The summed E-state index contributed by atoms with van der Waals surface area (Å²) in [7, 11) is -4.20. The maximum Gasteiger partial charge on any atom is 0.207 e. The minimum absolute atomic E-state index is 0.171. The Balaban J connectivity index is 1.15. The molecular weight excluding hydrogens is 809 g/mol. The van der Waals surface area contributed by atoms with Crippen LogP contribution in [0.2, 0.25) is 0 Å². The molecule has 12 rings (SSSR count). The van der Waals surface area contributed by atoms with Crippen molar-refractivity contribution in [3.05, 3.63) is 207 Å². The highest BCUT2D eigenvalue weighted by Crippen LogP contribution is 2.49. The first-order chi connectivity index (χ1) is 31.5. The highest BCUT2D eigenvalue weighted by Gasteiger charge is 2.31. The number of para-hydroxylation sites is 1. The number of sulfone groups is 1. The zero-order valence-corrected chi connectivity index (χ0v) is 34.9. The van der Waals surface area contributed by atoms with Crippen molar-refractivity contribution in [2.45, 2.75) is 9.79 Å². The summed E-state index contributed by atoms with van der Waals surface area (Å²) in [5.41, 5.74) is 11.9. The van der Waals surface area contributed by atoms with E-state index in [1.807, 2.05) is 158 Å². The van der Waals surface area contributed by atoms with Crippen molar-refractivity contribution in [1.82, 2.24) is 19.9 Å². The molecule has 11 aromatic rings. The van der Waals surface area contributed by atoms with Gasteiger partial charge in [-0.05, 0) is 80.9 Å². The quantitative estimate of drug-likeness (QED) is 0.174. The molecular formula is C56H34N4O3S. The number of fused-ring (bicyclic) bond motifs is 12. The van der Waals surface area contributed by atoms with Crippen molar-refractivity contribution in [2.75, 3.05) is 0 Å². The second kappa shape index (κ2) is 14.9. The molecule has 7 nitrogen and oxygen atoms in total. The third-order valence-corrected chi connectivity index (χ3v) is 13.9. The molecule has 8 aromatic carbocycles. The largest absolute Gasteiger partial charge is 0.456 e. The van der Waals surface area contributed by atoms with E-state index in [-0.39, 0.29) is 9.79 Å². The Kier molecular flexibility index (Phi) is 8.74. The topological polar surface area (TPSA) is 98.8 Å². The van der Waals surface area contributed by atoms with Crippen LogP contribution in [0.4, 0.5) is 0 Å². The van der Waals surface area contributed by atoms with E-state index >= 15 is 8.42 Å². The fourth-order valence-electron chi connectivity index (χ4n) is 8.97. The summed E-state index contributed by atoms with van der Waals surface area (Å²) < 4.78 is 37.8. The molecule has 0 radical (unpaired) electrons. The standard InChI is InChI=1S/C56H34N4O3S/c61-64(62)52-23-11-9-21-46(52)43-19-7-6-17-41(43)40-16-4-5-18-42(40)44-29-28-38(31-47(44)49-32-51-48(33-53(49)64)45-20-8-10-22-50(45)63-51)56-59-54(36-13-2-1-3-14-36)58-55(60-56)37-26-24-35(25-27-37)39-15-12-30-57-34-39/h1-34H. The van der Waals surface area contributed by atoms with Crippen LogP contribution in [-0.4, -0.2) is 28.4 Å². The molecule has 0 saturated heterocycles. The van der Waals surface area contributed by atoms with Gasteiger partial charge in [0.2, 0.25) is 9.84 Å². The lowest BCUT2D eigenvalue weighted by molar-refractivity contribution is 0.596. The number of furan rings is 1. The number of aromatic nitrogens is 4. The number of benzene rings is 8. The Morgan fingerprint density at radius 2 is 0.875 bits per heavy atom. The van der Waals surface area contributed by atoms with Gasteiger partial charge in [-0.25, -0.2) is 23.4 Å². The van der Waals surface area contributed by atoms with Crippen LogP contribution in [0.25, 0.3) is 112 Å². The average molecular weight is 843 g/mol. The molecule has 0 unspecified atom stereocenters. The first kappa shape index (κ1) is 37.4. The summed E-state index contributed by atoms with van der Waals surface area (Å²) in [6.07, 6.45) is 3.60. The predicted molar refractivity (Wildman–Crippen MR) is 254 cm³/mol. The molecule has 0 aliphatic carbocycles. The lowest BCUT2D eigenvalue weighted by Crippen LogP contribution is -2.06. The molecule has 8 heteroatoms. The SMILES string of the molecule is O=S1(=O)c2ccccc2-c2ccccc2-c2ccccc2-c2ccc(-c3nc(-c4ccccc4)nc(-c4ccc(-c5cccnc5)cc4)n3)cc2-c2cc3oc4ccccc4c3cc21. The maximum absolute atomic E-state index is 15.6. The third-order valence-electron chi connectivity index (χ3n) is 12.0. The van der Waals surface area contributed by atoms with E-state index in [0.717, 1.165) is 55.5 Å². The first-order valence-electron chi connectivity index (χ1n) is 20.9. The fraction of sp³-hybridized carbons (Fsp3) is 0. The van der Waals surface area contributed by atoms with Crippen LogP contribution in [0.5, 0.6) is 0 Å². The van der Waals surface area contributed by atoms with Gasteiger partial charge in [0.05, 0.1) is 9.79 Å². The Morgan fingerprint density at radius 3 is 1.56 bits per heavy atom. The van der Waals surface area contributed by atoms with Crippen LogP contribution in [0.3, 0.4) is 0 Å². The Hall–Kier alpha value is -8.33. The van der Waals surface area contributed by atoms with Crippen molar-refractivity contribution in [1.29, 1.82) is 0 Å². The fourth-order valence-corrected chi connectivity index (χ4v) is 10.7. The summed E-state index contributed by atoms with van der Waals surface area (Å²) in [6, 6.07) is 63.0. The van der Waals surface area contributed by atoms with Crippen LogP contribution in [0.1, 0.15) is 0 Å². The monoisotopic (exact) mass is 842 g/mol. The van der Waals surface area contributed by atoms with E-state index in [1.54, 1.807) is 24.4 Å². The molecule has 4 heterocycles. The molecule has 64 heavy (non-hydrogen) atoms. The summed E-state index contributed by atoms with van der Waals surface area (Å²) in [5, 5.41) is 1.55. The number of rotatable bonds is 4. The Labute approximate surface area is 369 Å². The Bertz CT molecular complexity index is 3740. The zero-order chi connectivity index (χ0) is 42.8. The molecule has 0 N–H and O–H groups in total. The molecule has 0 atom stereocenters. The second-order valence-electron chi connectivity index (χ2n) is 15.8. The van der Waals surface area contributed by atoms with Crippen molar-refractivity contribution in [3.63, 3.8) is 0 Å². The minimum Gasteiger partial charge on any atom is -0.456 e. The van der Waals surface area contributed by atoms with E-state index in [4.69, 9.17) is 19.4 Å². The van der Waals surface area contributed by atoms with Crippen molar-refractivity contribution < 1.29 is 12.8 Å². The van der Waals surface area contributed by atoms with Gasteiger partial charge in [-0.3, -0.25) is 4.98 Å². The van der Waals surface area contributed by atoms with Gasteiger partial charge in [0.15, 0.2) is 17.5 Å². The van der Waals surface area contributed by atoms with Crippen LogP contribution in [-0.2, 0) is 9.84 Å². The highest BCUT2D eigenvalue weighted by atomic mass is 32.2. The number of pyridine rings is 1. The molecule has 3 aromatic heterocycles. The lowest BCUT2D eigenvalue weighted by atomic mass is 9.86. The van der Waals surface area contributed by atoms with E-state index in [0.29, 0.717) is 56.3 Å². The van der Waals surface area contributed by atoms with E-state index in [9.17, 15) is 0 Å². The first-order valence-corrected chi connectivity index (χ1v) is 22.4. The lowest BCUT2D eigenvalue weighted by Gasteiger charge is -2.18. The molecule has 0 fully saturated rings. The predicted octanol–water partition coefficient (Wildman–Crippen LogP) is 13.6. The molecule has 0 spiro atoms. The van der Waals surface area contributed by atoms with Gasteiger partial charge in [0.1, 0.15) is 11.2 Å². The maximum atomic E-state index is 15.6. The van der Waals surface area contributed by atoms with Crippen LogP contribution >= 0.6 is 0 Å². The molecule has 0 amide bonds. The van der Waals surface area contributed by atoms with Crippen LogP contribution in [0, 0.1) is 0 Å². The smallest absolute Gasteiger partial charge is 0.207 e. The van der Waals surface area contributed by atoms with Gasteiger partial charge in [-0.15, -0.1) is 0 Å². The van der Waals surface area contributed by atoms with Crippen molar-refractivity contribution >= 4 is 31.8 Å². The minimum atomic E-state index is -4.20. The average Bonchev–Trinajstić information content (AvgIpc) is 3.73. The number of hydrogen-bond donors (Lipinski definition) is 0. The number of hydrogen-bond acceptors (Lipinski definition) is 7. The van der Waals surface area contributed by atoms with E-state index in [2.05, 4.69) is 29.2 Å². The van der Waals surface area contributed by atoms with Crippen LogP contribution < -0.4 is 0 Å². The van der Waals surface area contributed by atoms with E-state index < -0.39 is 9.84 Å². The molecule has 1 aliphatic rings. The zero-order valence-electron chi connectivity index (χ0n) is 34.1. The highest BCUT2D eigenvalue weighted by molar-refractivity contribution is 7.91. The van der Waals surface area contributed by atoms with Gasteiger partial charge >= 0.3 is 0 Å². The van der Waals surface area contributed by atoms with Gasteiger partial charge in [0, 0.05) is 51.0 Å². The third kappa shape index (κ3) is 6.22. The van der Waals surface area contributed by atoms with Gasteiger partial charge in [-0.2, -0.15) is 0 Å². The summed E-state index contributed by atoms with van der Waals surface area (Å²) in [5.74, 6) is 1.46. The van der Waals surface area contributed by atoms with Crippen LogP contribution in [0.15, 0.2) is 221 Å². The molecule has 0 saturated carbocycles. The summed E-state index contributed by atoms with van der Waals surface area (Å²) in [6.45, 7) is 0. The molecule has 0 bridgehead atoms. The van der Waals surface area contributed by atoms with Crippen molar-refractivity contribution in [3.8, 4) is 89.8 Å². The van der Waals surface area contributed by atoms with Gasteiger partial charge < -0.3 is 4.42 Å². The summed E-state index contributed by atoms with van der Waals surface area (Å²) >= 11 is 0. The second-order valence-corrected chi connectivity index (χ2v) is 17.7.